The number of hydrogen-bond acceptors (Lipinski definition) is 5. The van der Waals surface area contributed by atoms with Crippen molar-refractivity contribution in [3.8, 4) is 11.4 Å². The lowest BCUT2D eigenvalue weighted by molar-refractivity contribution is 0.313. The lowest BCUT2D eigenvalue weighted by Gasteiger charge is -2.34. The number of likely N-dealkylation sites (N-methyl/N-ethyl adjacent to an activating group) is 1. The summed E-state index contributed by atoms with van der Waals surface area (Å²) in [6.45, 7) is 10.6. The lowest BCUT2D eigenvalue weighted by Crippen LogP contribution is -2.44. The Morgan fingerprint density at radius 1 is 1.03 bits per heavy atom. The number of aromatic nitrogens is 3. The number of benzene rings is 1. The van der Waals surface area contributed by atoms with Gasteiger partial charge in [0.2, 0.25) is 0 Å². The van der Waals surface area contributed by atoms with Gasteiger partial charge < -0.3 is 19.8 Å². The Hall–Kier alpha value is -2.64. The topological polar surface area (TPSA) is 68.0 Å². The smallest absolute Gasteiger partial charge is 0.259 e. The molecule has 3 aromatic heterocycles. The van der Waals surface area contributed by atoms with Gasteiger partial charge in [-0.3, -0.25) is 4.79 Å². The van der Waals surface area contributed by atoms with Crippen LogP contribution in [0.1, 0.15) is 26.3 Å². The molecular formula is C23H27N5OS. The molecule has 0 amide bonds. The highest BCUT2D eigenvalue weighted by Crippen LogP contribution is 2.37. The van der Waals surface area contributed by atoms with Crippen LogP contribution in [0.15, 0.2) is 34.4 Å². The summed E-state index contributed by atoms with van der Waals surface area (Å²) in [5.74, 6) is 0.641. The first-order chi connectivity index (χ1) is 14.3. The largest absolute Gasteiger partial charge is 0.369 e. The predicted molar refractivity (Wildman–Crippen MR) is 126 cm³/mol. The zero-order valence-corrected chi connectivity index (χ0v) is 18.7. The first-order valence-corrected chi connectivity index (χ1v) is 11.3. The molecule has 4 aromatic rings. The number of piperazine rings is 1. The monoisotopic (exact) mass is 421 g/mol. The zero-order valence-electron chi connectivity index (χ0n) is 17.9. The first-order valence-electron chi connectivity index (χ1n) is 10.4. The van der Waals surface area contributed by atoms with Crippen LogP contribution in [-0.2, 0) is 5.41 Å². The summed E-state index contributed by atoms with van der Waals surface area (Å²) in [4.78, 5) is 29.2. The number of anilines is 1. The Morgan fingerprint density at radius 2 is 1.80 bits per heavy atom. The Balaban J connectivity index is 1.64. The van der Waals surface area contributed by atoms with Crippen molar-refractivity contribution in [1.82, 2.24) is 19.9 Å². The minimum atomic E-state index is -0.184. The third-order valence-corrected chi connectivity index (χ3v) is 6.87. The third kappa shape index (κ3) is 3.22. The number of hydrogen-bond donors (Lipinski definition) is 2. The molecule has 0 bridgehead atoms. The number of rotatable bonds is 2. The van der Waals surface area contributed by atoms with E-state index in [1.807, 2.05) is 11.4 Å². The summed E-state index contributed by atoms with van der Waals surface area (Å²) in [6, 6.07) is 8.32. The molecule has 5 rings (SSSR count). The summed E-state index contributed by atoms with van der Waals surface area (Å²) < 4.78 is 1.12. The lowest BCUT2D eigenvalue weighted by atomic mass is 9.84. The van der Waals surface area contributed by atoms with E-state index in [2.05, 4.69) is 65.8 Å². The van der Waals surface area contributed by atoms with Crippen LogP contribution in [0.4, 0.5) is 5.69 Å². The fraction of sp³-hybridized carbons (Fsp3) is 0.391. The number of pyridine rings is 1. The number of aromatic amines is 2. The van der Waals surface area contributed by atoms with Gasteiger partial charge in [0.15, 0.2) is 0 Å². The van der Waals surface area contributed by atoms with Crippen molar-refractivity contribution in [1.29, 1.82) is 0 Å². The van der Waals surface area contributed by atoms with E-state index < -0.39 is 0 Å². The van der Waals surface area contributed by atoms with Crippen LogP contribution < -0.4 is 10.5 Å². The predicted octanol–water partition coefficient (Wildman–Crippen LogP) is 4.18. The minimum Gasteiger partial charge on any atom is -0.369 e. The molecule has 0 spiro atoms. The molecule has 0 aliphatic carbocycles. The highest BCUT2D eigenvalue weighted by Gasteiger charge is 2.27. The Morgan fingerprint density at radius 3 is 2.53 bits per heavy atom. The Labute approximate surface area is 179 Å². The van der Waals surface area contributed by atoms with Crippen LogP contribution in [-0.4, -0.2) is 53.1 Å². The van der Waals surface area contributed by atoms with Gasteiger partial charge in [0, 0.05) is 31.9 Å². The molecule has 0 unspecified atom stereocenters. The summed E-state index contributed by atoms with van der Waals surface area (Å²) in [5, 5.41) is 2.03. The zero-order chi connectivity index (χ0) is 21.0. The maximum atomic E-state index is 13.1. The van der Waals surface area contributed by atoms with Crippen LogP contribution in [0.2, 0.25) is 0 Å². The van der Waals surface area contributed by atoms with Gasteiger partial charge in [-0.2, -0.15) is 0 Å². The van der Waals surface area contributed by atoms with Gasteiger partial charge in [-0.25, -0.2) is 4.98 Å². The molecule has 1 aromatic carbocycles. The molecule has 0 saturated carbocycles. The molecule has 7 heteroatoms. The highest BCUT2D eigenvalue weighted by molar-refractivity contribution is 7.17. The van der Waals surface area contributed by atoms with E-state index in [1.54, 1.807) is 11.3 Å². The second kappa shape index (κ2) is 6.96. The van der Waals surface area contributed by atoms with E-state index in [4.69, 9.17) is 4.98 Å². The average molecular weight is 422 g/mol. The first kappa shape index (κ1) is 19.3. The molecule has 2 N–H and O–H groups in total. The van der Waals surface area contributed by atoms with E-state index in [1.165, 1.54) is 5.69 Å². The molecule has 1 saturated heterocycles. The van der Waals surface area contributed by atoms with Crippen molar-refractivity contribution in [3.63, 3.8) is 0 Å². The number of nitrogens with zero attached hydrogens (tertiary/aromatic N) is 3. The van der Waals surface area contributed by atoms with Crippen molar-refractivity contribution in [2.45, 2.75) is 26.2 Å². The van der Waals surface area contributed by atoms with Crippen LogP contribution in [0.25, 0.3) is 32.6 Å². The van der Waals surface area contributed by atoms with Gasteiger partial charge in [-0.15, -0.1) is 11.3 Å². The maximum absolute atomic E-state index is 13.1. The standard InChI is InChI=1S/C23H27N5OS/c1-23(2,3)19-18(22(29)26-16-7-12-30-20(16)19)21-24-15-6-5-14(13-17(15)25-21)28-10-8-27(4)9-11-28/h5-7,12-13H,8-11H2,1-4H3,(H,24,25)(H,26,29). The fourth-order valence-corrected chi connectivity index (χ4v) is 5.44. The van der Waals surface area contributed by atoms with Gasteiger partial charge in [0.25, 0.3) is 5.56 Å². The van der Waals surface area contributed by atoms with Crippen molar-refractivity contribution in [3.05, 3.63) is 45.6 Å². The molecule has 1 aliphatic heterocycles. The molecule has 156 valence electrons. The number of imidazole rings is 1. The Kier molecular flexibility index (Phi) is 4.48. The van der Waals surface area contributed by atoms with Crippen molar-refractivity contribution >= 4 is 38.3 Å². The summed E-state index contributed by atoms with van der Waals surface area (Å²) in [5.41, 5.74) is 5.36. The average Bonchev–Trinajstić information content (AvgIpc) is 3.32. The van der Waals surface area contributed by atoms with Crippen LogP contribution >= 0.6 is 11.3 Å². The van der Waals surface area contributed by atoms with E-state index in [9.17, 15) is 4.79 Å². The third-order valence-electron chi connectivity index (χ3n) is 5.94. The summed E-state index contributed by atoms with van der Waals surface area (Å²) in [7, 11) is 2.16. The van der Waals surface area contributed by atoms with Crippen LogP contribution in [0.3, 0.4) is 0 Å². The molecular weight excluding hydrogens is 394 g/mol. The second-order valence-electron chi connectivity index (χ2n) is 9.19. The van der Waals surface area contributed by atoms with E-state index >= 15 is 0 Å². The van der Waals surface area contributed by atoms with Gasteiger partial charge in [-0.1, -0.05) is 20.8 Å². The molecule has 0 radical (unpaired) electrons. The van der Waals surface area contributed by atoms with Crippen LogP contribution in [0.5, 0.6) is 0 Å². The van der Waals surface area contributed by atoms with Gasteiger partial charge in [0.05, 0.1) is 26.8 Å². The van der Waals surface area contributed by atoms with Crippen molar-refractivity contribution in [2.75, 3.05) is 38.1 Å². The van der Waals surface area contributed by atoms with E-state index in [0.29, 0.717) is 11.4 Å². The molecule has 0 atom stereocenters. The molecule has 4 heterocycles. The fourth-order valence-electron chi connectivity index (χ4n) is 4.33. The number of H-pyrrole nitrogens is 2. The van der Waals surface area contributed by atoms with Gasteiger partial charge in [0.1, 0.15) is 5.82 Å². The normalized spacial score (nSPS) is 16.1. The minimum absolute atomic E-state index is 0.0934. The van der Waals surface area contributed by atoms with Crippen molar-refractivity contribution in [2.24, 2.45) is 0 Å². The van der Waals surface area contributed by atoms with E-state index in [0.717, 1.165) is 53.0 Å². The molecule has 1 fully saturated rings. The van der Waals surface area contributed by atoms with Gasteiger partial charge >= 0.3 is 0 Å². The SMILES string of the molecule is CN1CCN(c2ccc3nc(-c4c(C(C)(C)C)c5sccc5[nH]c4=O)[nH]c3c2)CC1. The number of nitrogens with one attached hydrogen (secondary N) is 2. The number of fused-ring (bicyclic) bond motifs is 2. The Bertz CT molecular complexity index is 1280. The summed E-state index contributed by atoms with van der Waals surface area (Å²) in [6.07, 6.45) is 0. The molecule has 30 heavy (non-hydrogen) atoms. The second-order valence-corrected chi connectivity index (χ2v) is 10.1. The molecule has 6 nitrogen and oxygen atoms in total. The summed E-state index contributed by atoms with van der Waals surface area (Å²) >= 11 is 1.66. The molecule has 1 aliphatic rings. The van der Waals surface area contributed by atoms with Crippen LogP contribution in [0, 0.1) is 0 Å². The van der Waals surface area contributed by atoms with E-state index in [-0.39, 0.29) is 11.0 Å². The van der Waals surface area contributed by atoms with Crippen molar-refractivity contribution < 1.29 is 0 Å². The van der Waals surface area contributed by atoms with Gasteiger partial charge in [-0.05, 0) is 47.7 Å². The highest BCUT2D eigenvalue weighted by atomic mass is 32.1. The quantitative estimate of drug-likeness (QED) is 0.509. The maximum Gasteiger partial charge on any atom is 0.259 e. The number of thiophene rings is 1.